The molecule has 1 rings (SSSR count). The number of thioether (sulfide) groups is 1. The van der Waals surface area contributed by atoms with Crippen molar-refractivity contribution in [1.29, 1.82) is 0 Å². The molecule has 0 radical (unpaired) electrons. The predicted octanol–water partition coefficient (Wildman–Crippen LogP) is 2.44. The van der Waals surface area contributed by atoms with Gasteiger partial charge in [-0.1, -0.05) is 26.2 Å². The number of hydrogen-bond acceptors (Lipinski definition) is 5. The van der Waals surface area contributed by atoms with Crippen molar-refractivity contribution in [1.82, 2.24) is 5.32 Å². The van der Waals surface area contributed by atoms with Gasteiger partial charge in [0.05, 0.1) is 6.61 Å². The van der Waals surface area contributed by atoms with E-state index in [9.17, 15) is 9.59 Å². The smallest absolute Gasteiger partial charge is 0.324 e. The molecule has 0 aromatic carbocycles. The summed E-state index contributed by atoms with van der Waals surface area (Å²) < 4.78 is 5.24. The number of carbonyl (C=O) groups is 2. The van der Waals surface area contributed by atoms with E-state index in [0.717, 1.165) is 12.8 Å². The lowest BCUT2D eigenvalue weighted by Crippen LogP contribution is -2.48. The van der Waals surface area contributed by atoms with Crippen LogP contribution < -0.4 is 5.32 Å². The van der Waals surface area contributed by atoms with Crippen molar-refractivity contribution in [3.63, 3.8) is 0 Å². The number of ether oxygens (including phenoxy) is 1. The van der Waals surface area contributed by atoms with Crippen molar-refractivity contribution in [3.05, 3.63) is 0 Å². The molecule has 5 nitrogen and oxygen atoms in total. The number of hydrogen-bond donors (Lipinski definition) is 2. The summed E-state index contributed by atoms with van der Waals surface area (Å²) in [5, 5.41) is 11.9. The molecule has 0 heterocycles. The molecule has 2 atom stereocenters. The Morgan fingerprint density at radius 2 is 1.95 bits per heavy atom. The second kappa shape index (κ2) is 8.63. The maximum atomic E-state index is 12.0. The first-order chi connectivity index (χ1) is 9.88. The lowest BCUT2D eigenvalue weighted by molar-refractivity contribution is -0.146. The standard InChI is InChI=1S/C15H27NO4S/c1-4-20-14(19)12(16-11(2)13(17)18)10-21-15(3)8-6-5-7-9-15/h11-12,16H,4-10H2,1-3H3,(H,17,18)/t11-,12-/m0/s1. The third kappa shape index (κ3) is 6.26. The fourth-order valence-electron chi connectivity index (χ4n) is 2.53. The van der Waals surface area contributed by atoms with Crippen molar-refractivity contribution >= 4 is 23.7 Å². The molecule has 0 saturated heterocycles. The van der Waals surface area contributed by atoms with E-state index in [1.165, 1.54) is 19.3 Å². The van der Waals surface area contributed by atoms with E-state index in [-0.39, 0.29) is 10.7 Å². The first-order valence-electron chi connectivity index (χ1n) is 7.67. The van der Waals surface area contributed by atoms with Crippen LogP contribution in [0.5, 0.6) is 0 Å². The maximum absolute atomic E-state index is 12.0. The average molecular weight is 317 g/mol. The summed E-state index contributed by atoms with van der Waals surface area (Å²) in [4.78, 5) is 23.0. The molecule has 0 aromatic heterocycles. The monoisotopic (exact) mass is 317 g/mol. The third-order valence-corrected chi connectivity index (χ3v) is 5.51. The molecule has 0 bridgehead atoms. The molecule has 1 aliphatic rings. The topological polar surface area (TPSA) is 75.6 Å². The van der Waals surface area contributed by atoms with Gasteiger partial charge >= 0.3 is 11.9 Å². The van der Waals surface area contributed by atoms with Crippen LogP contribution in [0, 0.1) is 0 Å². The highest BCUT2D eigenvalue weighted by molar-refractivity contribution is 8.00. The van der Waals surface area contributed by atoms with Crippen molar-refractivity contribution in [2.75, 3.05) is 12.4 Å². The third-order valence-electron chi connectivity index (χ3n) is 3.90. The van der Waals surface area contributed by atoms with Gasteiger partial charge in [0.25, 0.3) is 0 Å². The number of carboxylic acid groups (broad SMARTS) is 1. The van der Waals surface area contributed by atoms with Crippen LogP contribution in [-0.4, -0.2) is 46.2 Å². The van der Waals surface area contributed by atoms with Gasteiger partial charge in [0.1, 0.15) is 12.1 Å². The number of carboxylic acids is 1. The molecule has 2 N–H and O–H groups in total. The Morgan fingerprint density at radius 3 is 2.48 bits per heavy atom. The second-order valence-electron chi connectivity index (χ2n) is 5.85. The quantitative estimate of drug-likeness (QED) is 0.670. The first-order valence-corrected chi connectivity index (χ1v) is 8.66. The molecule has 0 aromatic rings. The molecule has 122 valence electrons. The molecule has 0 amide bonds. The van der Waals surface area contributed by atoms with Crippen LogP contribution in [0.2, 0.25) is 0 Å². The minimum atomic E-state index is -0.960. The van der Waals surface area contributed by atoms with Gasteiger partial charge < -0.3 is 9.84 Å². The molecule has 1 saturated carbocycles. The largest absolute Gasteiger partial charge is 0.480 e. The van der Waals surface area contributed by atoms with Crippen LogP contribution in [0.15, 0.2) is 0 Å². The van der Waals surface area contributed by atoms with Crippen molar-refractivity contribution < 1.29 is 19.4 Å². The Kier molecular flexibility index (Phi) is 7.52. The van der Waals surface area contributed by atoms with Gasteiger partial charge in [0, 0.05) is 10.5 Å². The zero-order valence-electron chi connectivity index (χ0n) is 13.2. The summed E-state index contributed by atoms with van der Waals surface area (Å²) in [5.41, 5.74) is 0. The van der Waals surface area contributed by atoms with Gasteiger partial charge in [-0.3, -0.25) is 14.9 Å². The zero-order valence-corrected chi connectivity index (χ0v) is 14.0. The van der Waals surface area contributed by atoms with Gasteiger partial charge in [-0.25, -0.2) is 0 Å². The highest BCUT2D eigenvalue weighted by Crippen LogP contribution is 2.39. The average Bonchev–Trinajstić information content (AvgIpc) is 2.44. The summed E-state index contributed by atoms with van der Waals surface area (Å²) in [5.74, 6) is -0.775. The summed E-state index contributed by atoms with van der Waals surface area (Å²) >= 11 is 1.76. The summed E-state index contributed by atoms with van der Waals surface area (Å²) in [7, 11) is 0. The fraction of sp³-hybridized carbons (Fsp3) is 0.867. The zero-order chi connectivity index (χ0) is 15.9. The van der Waals surface area contributed by atoms with E-state index in [4.69, 9.17) is 9.84 Å². The normalized spacial score (nSPS) is 20.5. The predicted molar refractivity (Wildman–Crippen MR) is 84.6 cm³/mol. The molecule has 21 heavy (non-hydrogen) atoms. The number of nitrogens with one attached hydrogen (secondary N) is 1. The Bertz CT molecular complexity index is 356. The van der Waals surface area contributed by atoms with E-state index >= 15 is 0 Å². The minimum absolute atomic E-state index is 0.192. The van der Waals surface area contributed by atoms with Gasteiger partial charge in [0.15, 0.2) is 0 Å². The fourth-order valence-corrected chi connectivity index (χ4v) is 3.91. The number of rotatable bonds is 8. The van der Waals surface area contributed by atoms with E-state index in [2.05, 4.69) is 12.2 Å². The van der Waals surface area contributed by atoms with Crippen LogP contribution in [0.1, 0.15) is 52.9 Å². The Balaban J connectivity index is 2.59. The van der Waals surface area contributed by atoms with E-state index in [1.807, 2.05) is 0 Å². The lowest BCUT2D eigenvalue weighted by Gasteiger charge is -2.34. The minimum Gasteiger partial charge on any atom is -0.480 e. The van der Waals surface area contributed by atoms with Gasteiger partial charge in [-0.15, -0.1) is 0 Å². The Morgan fingerprint density at radius 1 is 1.33 bits per heavy atom. The molecule has 1 aliphatic carbocycles. The number of esters is 1. The molecular weight excluding hydrogens is 290 g/mol. The van der Waals surface area contributed by atoms with Crippen molar-refractivity contribution in [3.8, 4) is 0 Å². The van der Waals surface area contributed by atoms with Crippen LogP contribution in [-0.2, 0) is 14.3 Å². The van der Waals surface area contributed by atoms with Crippen LogP contribution in [0.3, 0.4) is 0 Å². The molecule has 0 spiro atoms. The Hall–Kier alpha value is -0.750. The van der Waals surface area contributed by atoms with Crippen LogP contribution in [0.25, 0.3) is 0 Å². The Labute approximate surface area is 131 Å². The summed E-state index contributed by atoms with van der Waals surface area (Å²) in [6.45, 7) is 5.84. The summed E-state index contributed by atoms with van der Waals surface area (Å²) in [6, 6.07) is -1.33. The molecule has 0 aliphatic heterocycles. The van der Waals surface area contributed by atoms with E-state index < -0.39 is 18.1 Å². The molecular formula is C15H27NO4S. The molecule has 6 heteroatoms. The van der Waals surface area contributed by atoms with E-state index in [1.54, 1.807) is 25.6 Å². The molecule has 0 unspecified atom stereocenters. The van der Waals surface area contributed by atoms with Crippen molar-refractivity contribution in [2.24, 2.45) is 0 Å². The number of aliphatic carboxylic acids is 1. The summed E-state index contributed by atoms with van der Waals surface area (Å²) in [6.07, 6.45) is 6.05. The van der Waals surface area contributed by atoms with Crippen molar-refractivity contribution in [2.45, 2.75) is 69.7 Å². The van der Waals surface area contributed by atoms with Crippen LogP contribution in [0.4, 0.5) is 0 Å². The first kappa shape index (κ1) is 18.3. The van der Waals surface area contributed by atoms with E-state index in [0.29, 0.717) is 12.4 Å². The van der Waals surface area contributed by atoms with Gasteiger partial charge in [0.2, 0.25) is 0 Å². The van der Waals surface area contributed by atoms with Crippen LogP contribution >= 0.6 is 11.8 Å². The molecule has 1 fully saturated rings. The SMILES string of the molecule is CCOC(=O)[C@H](CSC1(C)CCCCC1)N[C@@H](C)C(=O)O. The van der Waals surface area contributed by atoms with Gasteiger partial charge in [-0.05, 0) is 26.7 Å². The number of carbonyl (C=O) groups excluding carboxylic acids is 1. The lowest BCUT2D eigenvalue weighted by atomic mass is 9.90. The highest BCUT2D eigenvalue weighted by atomic mass is 32.2. The highest BCUT2D eigenvalue weighted by Gasteiger charge is 2.31. The maximum Gasteiger partial charge on any atom is 0.324 e. The second-order valence-corrected chi connectivity index (χ2v) is 7.46. The van der Waals surface area contributed by atoms with Gasteiger partial charge in [-0.2, -0.15) is 11.8 Å².